The SMILES string of the molecule is COC1CCCCC1C1CC(C)NCC1C(=O)NC1NC2CN(C(=O)C3CS(=O)(=O)C3)CC2S1. The van der Waals surface area contributed by atoms with Gasteiger partial charge >= 0.3 is 0 Å². The standard InChI is InChI=1S/C23H38N4O5S2/c1-13-7-16(15-5-3-4-6-19(15)32-2)17(8-24-13)21(28)26-23-25-18-9-27(10-20(18)33-23)22(29)14-11-34(30,31)12-14/h13-20,23-25H,3-12H2,1-2H3,(H,26,28). The van der Waals surface area contributed by atoms with Crippen molar-refractivity contribution in [1.29, 1.82) is 0 Å². The molecule has 0 radical (unpaired) electrons. The number of piperidine rings is 1. The van der Waals surface area contributed by atoms with Crippen molar-refractivity contribution in [3.8, 4) is 0 Å². The summed E-state index contributed by atoms with van der Waals surface area (Å²) in [6, 6.07) is 0.522. The van der Waals surface area contributed by atoms with E-state index in [0.717, 1.165) is 19.3 Å². The number of fused-ring (bicyclic) bond motifs is 1. The predicted octanol–water partition coefficient (Wildman–Crippen LogP) is 0.166. The van der Waals surface area contributed by atoms with Crippen LogP contribution in [0.3, 0.4) is 0 Å². The predicted molar refractivity (Wildman–Crippen MR) is 131 cm³/mol. The van der Waals surface area contributed by atoms with Crippen molar-refractivity contribution < 1.29 is 22.7 Å². The molecule has 34 heavy (non-hydrogen) atoms. The van der Waals surface area contributed by atoms with Gasteiger partial charge in [0.2, 0.25) is 11.8 Å². The third-order valence-corrected chi connectivity index (χ3v) is 11.7. The molecule has 4 saturated heterocycles. The third kappa shape index (κ3) is 5.00. The zero-order valence-corrected chi connectivity index (χ0v) is 21.7. The number of amides is 2. The fraction of sp³-hybridized carbons (Fsp3) is 0.913. The zero-order chi connectivity index (χ0) is 24.0. The molecule has 0 aromatic heterocycles. The highest BCUT2D eigenvalue weighted by molar-refractivity contribution is 8.00. The minimum atomic E-state index is -3.01. The maximum atomic E-state index is 13.4. The molecule has 3 N–H and O–H groups in total. The number of sulfone groups is 1. The maximum Gasteiger partial charge on any atom is 0.227 e. The molecule has 11 heteroatoms. The summed E-state index contributed by atoms with van der Waals surface area (Å²) in [4.78, 5) is 27.8. The summed E-state index contributed by atoms with van der Waals surface area (Å²) in [7, 11) is -1.20. The number of methoxy groups -OCH3 is 1. The van der Waals surface area contributed by atoms with E-state index in [4.69, 9.17) is 4.74 Å². The average molecular weight is 515 g/mol. The Hall–Kier alpha value is -0.880. The van der Waals surface area contributed by atoms with E-state index in [1.54, 1.807) is 23.8 Å². The minimum absolute atomic E-state index is 0.0168. The van der Waals surface area contributed by atoms with Crippen LogP contribution in [0.4, 0.5) is 0 Å². The molecule has 0 aromatic rings. The summed E-state index contributed by atoms with van der Waals surface area (Å²) in [5.74, 6) is 0.321. The minimum Gasteiger partial charge on any atom is -0.381 e. The van der Waals surface area contributed by atoms with Gasteiger partial charge in [0.1, 0.15) is 5.50 Å². The first kappa shape index (κ1) is 24.8. The quantitative estimate of drug-likeness (QED) is 0.475. The van der Waals surface area contributed by atoms with Crippen LogP contribution in [0, 0.1) is 23.7 Å². The number of nitrogens with zero attached hydrogens (tertiary/aromatic N) is 1. The van der Waals surface area contributed by atoms with Crippen molar-refractivity contribution in [2.75, 3.05) is 38.2 Å². The van der Waals surface area contributed by atoms with E-state index in [2.05, 4.69) is 22.9 Å². The number of rotatable bonds is 5. The van der Waals surface area contributed by atoms with Crippen LogP contribution in [0.25, 0.3) is 0 Å². The highest BCUT2D eigenvalue weighted by Gasteiger charge is 2.48. The van der Waals surface area contributed by atoms with Gasteiger partial charge < -0.3 is 20.3 Å². The molecule has 4 heterocycles. The largest absolute Gasteiger partial charge is 0.381 e. The fourth-order valence-corrected chi connectivity index (χ4v) is 9.56. The Morgan fingerprint density at radius 3 is 2.59 bits per heavy atom. The van der Waals surface area contributed by atoms with Crippen LogP contribution in [0.5, 0.6) is 0 Å². The first-order chi connectivity index (χ1) is 16.2. The van der Waals surface area contributed by atoms with Gasteiger partial charge in [-0.1, -0.05) is 12.8 Å². The second-order valence-corrected chi connectivity index (χ2v) is 14.4. The van der Waals surface area contributed by atoms with E-state index >= 15 is 0 Å². The average Bonchev–Trinajstić information content (AvgIpc) is 3.35. The molecule has 5 rings (SSSR count). The molecule has 0 spiro atoms. The second kappa shape index (κ2) is 9.88. The Morgan fingerprint density at radius 2 is 1.88 bits per heavy atom. The van der Waals surface area contributed by atoms with Crippen LogP contribution in [0.15, 0.2) is 0 Å². The van der Waals surface area contributed by atoms with Crippen molar-refractivity contribution in [3.63, 3.8) is 0 Å². The fourth-order valence-electron chi connectivity index (χ4n) is 6.74. The first-order valence-corrected chi connectivity index (χ1v) is 15.5. The Morgan fingerprint density at radius 1 is 1.12 bits per heavy atom. The number of nitrogens with one attached hydrogen (secondary N) is 3. The van der Waals surface area contributed by atoms with Gasteiger partial charge in [0, 0.05) is 44.1 Å². The van der Waals surface area contributed by atoms with Gasteiger partial charge in [-0.2, -0.15) is 0 Å². The van der Waals surface area contributed by atoms with Crippen LogP contribution in [0.2, 0.25) is 0 Å². The van der Waals surface area contributed by atoms with E-state index in [-0.39, 0.29) is 58.0 Å². The van der Waals surface area contributed by atoms with Gasteiger partial charge in [-0.15, -0.1) is 11.8 Å². The van der Waals surface area contributed by atoms with Crippen molar-refractivity contribution in [3.05, 3.63) is 0 Å². The number of ether oxygens (including phenoxy) is 1. The lowest BCUT2D eigenvalue weighted by atomic mass is 9.68. The molecule has 8 unspecified atom stereocenters. The van der Waals surface area contributed by atoms with Crippen LogP contribution in [-0.4, -0.2) is 92.3 Å². The molecular weight excluding hydrogens is 476 g/mol. The molecule has 2 amide bonds. The van der Waals surface area contributed by atoms with Gasteiger partial charge in [0.05, 0.1) is 29.4 Å². The number of hydrogen-bond acceptors (Lipinski definition) is 8. The van der Waals surface area contributed by atoms with E-state index < -0.39 is 9.84 Å². The Kier molecular flexibility index (Phi) is 7.20. The van der Waals surface area contributed by atoms with Crippen molar-refractivity contribution in [2.24, 2.45) is 23.7 Å². The molecule has 5 aliphatic rings. The van der Waals surface area contributed by atoms with E-state index in [0.29, 0.717) is 37.5 Å². The molecule has 4 aliphatic heterocycles. The normalized spacial score (nSPS) is 42.1. The lowest BCUT2D eigenvalue weighted by Gasteiger charge is -2.44. The molecule has 8 atom stereocenters. The molecule has 192 valence electrons. The van der Waals surface area contributed by atoms with Crippen molar-refractivity contribution in [1.82, 2.24) is 20.9 Å². The van der Waals surface area contributed by atoms with Crippen LogP contribution in [-0.2, 0) is 24.2 Å². The van der Waals surface area contributed by atoms with Gasteiger partial charge in [-0.25, -0.2) is 8.42 Å². The first-order valence-electron chi connectivity index (χ1n) is 12.7. The highest BCUT2D eigenvalue weighted by atomic mass is 32.2. The van der Waals surface area contributed by atoms with Crippen molar-refractivity contribution >= 4 is 33.4 Å². The Labute approximate surface area is 206 Å². The van der Waals surface area contributed by atoms with Crippen LogP contribution in [0.1, 0.15) is 39.0 Å². The summed E-state index contributed by atoms with van der Waals surface area (Å²) >= 11 is 1.67. The molecule has 1 aliphatic carbocycles. The number of carbonyl (C=O) groups excluding carboxylic acids is 2. The summed E-state index contributed by atoms with van der Waals surface area (Å²) < 4.78 is 28.7. The number of thioether (sulfide) groups is 1. The smallest absolute Gasteiger partial charge is 0.227 e. The Bertz CT molecular complexity index is 876. The molecule has 0 aromatic carbocycles. The van der Waals surface area contributed by atoms with E-state index in [1.165, 1.54) is 12.8 Å². The molecule has 0 bridgehead atoms. The van der Waals surface area contributed by atoms with Crippen LogP contribution < -0.4 is 16.0 Å². The maximum absolute atomic E-state index is 13.4. The van der Waals surface area contributed by atoms with Gasteiger partial charge in [0.25, 0.3) is 0 Å². The zero-order valence-electron chi connectivity index (χ0n) is 20.1. The van der Waals surface area contributed by atoms with Crippen LogP contribution >= 0.6 is 11.8 Å². The van der Waals surface area contributed by atoms with E-state index in [9.17, 15) is 18.0 Å². The lowest BCUT2D eigenvalue weighted by Crippen LogP contribution is -2.55. The molecule has 9 nitrogen and oxygen atoms in total. The topological polar surface area (TPSA) is 117 Å². The van der Waals surface area contributed by atoms with Crippen molar-refractivity contribution in [2.45, 2.75) is 68.0 Å². The summed E-state index contributed by atoms with van der Waals surface area (Å²) in [6.45, 7) is 4.07. The summed E-state index contributed by atoms with van der Waals surface area (Å²) in [5, 5.41) is 10.5. The highest BCUT2D eigenvalue weighted by Crippen LogP contribution is 2.40. The number of carbonyl (C=O) groups is 2. The third-order valence-electron chi connectivity index (χ3n) is 8.56. The number of hydrogen-bond donors (Lipinski definition) is 3. The van der Waals surface area contributed by atoms with Gasteiger partial charge in [-0.05, 0) is 38.0 Å². The van der Waals surface area contributed by atoms with Gasteiger partial charge in [-0.3, -0.25) is 14.9 Å². The number of likely N-dealkylation sites (tertiary alicyclic amines) is 1. The second-order valence-electron chi connectivity index (χ2n) is 10.9. The molecular formula is C23H38N4O5S2. The Balaban J connectivity index is 1.15. The summed E-state index contributed by atoms with van der Waals surface area (Å²) in [6.07, 6.45) is 5.86. The molecule has 5 fully saturated rings. The van der Waals surface area contributed by atoms with Gasteiger partial charge in [0.15, 0.2) is 9.84 Å². The summed E-state index contributed by atoms with van der Waals surface area (Å²) in [5.41, 5.74) is -0.159. The monoisotopic (exact) mass is 514 g/mol. The lowest BCUT2D eigenvalue weighted by molar-refractivity contribution is -0.134. The molecule has 1 saturated carbocycles. The van der Waals surface area contributed by atoms with E-state index in [1.807, 2.05) is 0 Å².